The van der Waals surface area contributed by atoms with Gasteiger partial charge in [0, 0.05) is 24.7 Å². The number of alkyl carbamates (subject to hydrolysis) is 1. The Kier molecular flexibility index (Phi) is 11.3. The quantitative estimate of drug-likeness (QED) is 0.279. The van der Waals surface area contributed by atoms with E-state index >= 15 is 0 Å². The second-order valence-electron chi connectivity index (χ2n) is 11.5. The lowest BCUT2D eigenvalue weighted by Gasteiger charge is -2.40. The Morgan fingerprint density at radius 1 is 1.05 bits per heavy atom. The van der Waals surface area contributed by atoms with Crippen molar-refractivity contribution in [1.82, 2.24) is 15.5 Å². The summed E-state index contributed by atoms with van der Waals surface area (Å²) >= 11 is 6.22. The molecule has 10 nitrogen and oxygen atoms in total. The topological polar surface area (TPSA) is 117 Å². The molecule has 1 heterocycles. The molecule has 2 N–H and O–H groups in total. The maximum Gasteiger partial charge on any atom is 0.416 e. The van der Waals surface area contributed by atoms with E-state index < -0.39 is 34.8 Å². The number of benzene rings is 2. The standard InChI is InChI=1S/C30H36ClF3N4O6/c1-20-21(6-5-7-24(20)31)16-35-26(41)29(18-43-38(19-39)23-10-8-22(9-11-23)30(32,33)34)12-14-37(15-13-29)25(40)17-36-27(42)44-28(2,3)4/h5-11,19H,12-18H2,1-4H3,(H,35,41)(H,36,42). The molecule has 1 aliphatic rings. The average molecular weight is 641 g/mol. The van der Waals surface area contributed by atoms with Gasteiger partial charge in [0.05, 0.1) is 23.3 Å². The highest BCUT2D eigenvalue weighted by Crippen LogP contribution is 2.34. The number of ether oxygens (including phenoxy) is 1. The molecule has 0 spiro atoms. The lowest BCUT2D eigenvalue weighted by Crippen LogP contribution is -2.54. The molecule has 1 aliphatic heterocycles. The van der Waals surface area contributed by atoms with Gasteiger partial charge in [-0.2, -0.15) is 18.2 Å². The van der Waals surface area contributed by atoms with Crippen molar-refractivity contribution in [1.29, 1.82) is 0 Å². The normalized spacial score (nSPS) is 14.9. The summed E-state index contributed by atoms with van der Waals surface area (Å²) in [5.41, 5.74) is -1.19. The highest BCUT2D eigenvalue weighted by atomic mass is 35.5. The van der Waals surface area contributed by atoms with Crippen molar-refractivity contribution in [2.75, 3.05) is 31.3 Å². The Morgan fingerprint density at radius 3 is 2.25 bits per heavy atom. The number of rotatable bonds is 10. The van der Waals surface area contributed by atoms with Gasteiger partial charge in [-0.1, -0.05) is 23.7 Å². The van der Waals surface area contributed by atoms with Crippen LogP contribution in [0.5, 0.6) is 0 Å². The summed E-state index contributed by atoms with van der Waals surface area (Å²) in [5, 5.41) is 6.63. The summed E-state index contributed by atoms with van der Waals surface area (Å²) in [6.07, 6.45) is -4.71. The van der Waals surface area contributed by atoms with Crippen molar-refractivity contribution in [2.45, 2.75) is 58.9 Å². The van der Waals surface area contributed by atoms with Gasteiger partial charge in [0.25, 0.3) is 0 Å². The van der Waals surface area contributed by atoms with Crippen molar-refractivity contribution in [2.24, 2.45) is 5.41 Å². The van der Waals surface area contributed by atoms with Crippen molar-refractivity contribution < 1.29 is 41.9 Å². The summed E-state index contributed by atoms with van der Waals surface area (Å²) in [6.45, 7) is 6.76. The van der Waals surface area contributed by atoms with Crippen molar-refractivity contribution in [3.05, 3.63) is 64.2 Å². The first kappa shape index (κ1) is 34.6. The fourth-order valence-corrected chi connectivity index (χ4v) is 4.75. The monoisotopic (exact) mass is 640 g/mol. The van der Waals surface area contributed by atoms with E-state index in [2.05, 4.69) is 10.6 Å². The van der Waals surface area contributed by atoms with Crippen molar-refractivity contribution >= 4 is 41.6 Å². The Bertz CT molecular complexity index is 1340. The van der Waals surface area contributed by atoms with Crippen LogP contribution in [0.1, 0.15) is 50.3 Å². The molecular formula is C30H36ClF3N4O6. The SMILES string of the molecule is Cc1c(Cl)cccc1CNC(=O)C1(CON(C=O)c2ccc(C(F)(F)F)cc2)CCN(C(=O)CNC(=O)OC(C)(C)C)CC1. The van der Waals surface area contributed by atoms with Gasteiger partial charge in [0.2, 0.25) is 18.2 Å². The van der Waals surface area contributed by atoms with Crippen molar-refractivity contribution in [3.63, 3.8) is 0 Å². The first-order valence-electron chi connectivity index (χ1n) is 13.9. The number of carbonyl (C=O) groups excluding carboxylic acids is 4. The van der Waals surface area contributed by atoms with E-state index in [4.69, 9.17) is 21.2 Å². The van der Waals surface area contributed by atoms with E-state index in [-0.39, 0.29) is 57.2 Å². The lowest BCUT2D eigenvalue weighted by atomic mass is 9.78. The van der Waals surface area contributed by atoms with Crippen LogP contribution < -0.4 is 15.7 Å². The molecule has 0 bridgehead atoms. The first-order chi connectivity index (χ1) is 20.5. The van der Waals surface area contributed by atoms with E-state index in [1.54, 1.807) is 32.9 Å². The third kappa shape index (κ3) is 9.33. The van der Waals surface area contributed by atoms with Gasteiger partial charge in [0.15, 0.2) is 0 Å². The van der Waals surface area contributed by atoms with Gasteiger partial charge in [-0.3, -0.25) is 19.2 Å². The highest BCUT2D eigenvalue weighted by Gasteiger charge is 2.43. The molecule has 0 radical (unpaired) electrons. The van der Waals surface area contributed by atoms with Crippen molar-refractivity contribution in [3.8, 4) is 0 Å². The van der Waals surface area contributed by atoms with Crippen LogP contribution >= 0.6 is 11.6 Å². The number of nitrogens with zero attached hydrogens (tertiary/aromatic N) is 2. The largest absolute Gasteiger partial charge is 0.444 e. The molecule has 3 rings (SSSR count). The molecule has 240 valence electrons. The van der Waals surface area contributed by atoms with Crippen LogP contribution in [0.2, 0.25) is 5.02 Å². The fourth-order valence-electron chi connectivity index (χ4n) is 4.56. The molecule has 1 saturated heterocycles. The summed E-state index contributed by atoms with van der Waals surface area (Å²) in [7, 11) is 0. The molecule has 1 fully saturated rings. The summed E-state index contributed by atoms with van der Waals surface area (Å²) in [5.74, 6) is -0.770. The zero-order valence-electron chi connectivity index (χ0n) is 24.9. The number of hydrogen-bond acceptors (Lipinski definition) is 6. The van der Waals surface area contributed by atoms with Crippen LogP contribution in [-0.4, -0.2) is 61.1 Å². The molecule has 0 aliphatic carbocycles. The van der Waals surface area contributed by atoms with E-state index in [0.717, 1.165) is 40.5 Å². The Balaban J connectivity index is 1.73. The fraction of sp³-hybridized carbons (Fsp3) is 0.467. The van der Waals surface area contributed by atoms with Gasteiger partial charge >= 0.3 is 12.3 Å². The van der Waals surface area contributed by atoms with Crippen LogP contribution in [-0.2, 0) is 36.7 Å². The molecule has 0 aromatic heterocycles. The van der Waals surface area contributed by atoms with Crippen LogP contribution in [0.4, 0.5) is 23.7 Å². The van der Waals surface area contributed by atoms with Gasteiger partial charge in [0.1, 0.15) is 12.1 Å². The van der Waals surface area contributed by atoms with Crippen LogP contribution in [0.25, 0.3) is 0 Å². The number of hydroxylamine groups is 1. The number of carbonyl (C=O) groups is 4. The Labute approximate surface area is 258 Å². The number of amides is 4. The molecular weight excluding hydrogens is 605 g/mol. The molecule has 44 heavy (non-hydrogen) atoms. The maximum atomic E-state index is 13.7. The molecule has 0 atom stereocenters. The summed E-state index contributed by atoms with van der Waals surface area (Å²) in [6, 6.07) is 9.13. The number of likely N-dealkylation sites (tertiary alicyclic amines) is 1. The Morgan fingerprint density at radius 2 is 1.68 bits per heavy atom. The second-order valence-corrected chi connectivity index (χ2v) is 11.9. The van der Waals surface area contributed by atoms with E-state index in [9.17, 15) is 32.3 Å². The summed E-state index contributed by atoms with van der Waals surface area (Å²) in [4.78, 5) is 57.5. The zero-order chi connectivity index (χ0) is 32.7. The molecule has 4 amide bonds. The second kappa shape index (κ2) is 14.3. The molecule has 0 unspecified atom stereocenters. The van der Waals surface area contributed by atoms with Crippen LogP contribution in [0, 0.1) is 12.3 Å². The zero-order valence-corrected chi connectivity index (χ0v) is 25.7. The molecule has 2 aromatic rings. The number of halogens is 4. The molecule has 14 heteroatoms. The number of nitrogens with one attached hydrogen (secondary N) is 2. The predicted molar refractivity (Wildman–Crippen MR) is 156 cm³/mol. The third-order valence-electron chi connectivity index (χ3n) is 7.18. The number of anilines is 1. The lowest BCUT2D eigenvalue weighted by molar-refractivity contribution is -0.145. The third-order valence-corrected chi connectivity index (χ3v) is 7.59. The Hall–Kier alpha value is -3.84. The van der Waals surface area contributed by atoms with Gasteiger partial charge < -0.3 is 20.3 Å². The first-order valence-corrected chi connectivity index (χ1v) is 14.2. The predicted octanol–water partition coefficient (Wildman–Crippen LogP) is 5.01. The van der Waals surface area contributed by atoms with Crippen LogP contribution in [0.3, 0.4) is 0 Å². The smallest absolute Gasteiger partial charge is 0.416 e. The minimum absolute atomic E-state index is 0.0407. The number of piperidine rings is 1. The highest BCUT2D eigenvalue weighted by molar-refractivity contribution is 6.31. The minimum Gasteiger partial charge on any atom is -0.444 e. The minimum atomic E-state index is -4.55. The summed E-state index contributed by atoms with van der Waals surface area (Å²) < 4.78 is 44.1. The van der Waals surface area contributed by atoms with E-state index in [0.29, 0.717) is 11.4 Å². The van der Waals surface area contributed by atoms with Gasteiger partial charge in [-0.05, 0) is 82.0 Å². The molecule has 2 aromatic carbocycles. The van der Waals surface area contributed by atoms with Gasteiger partial charge in [-0.25, -0.2) is 4.79 Å². The van der Waals surface area contributed by atoms with E-state index in [1.165, 1.54) is 4.90 Å². The maximum absolute atomic E-state index is 13.7. The van der Waals surface area contributed by atoms with Crippen LogP contribution in [0.15, 0.2) is 42.5 Å². The number of alkyl halides is 3. The molecule has 0 saturated carbocycles. The average Bonchev–Trinajstić information content (AvgIpc) is 2.96. The van der Waals surface area contributed by atoms with Gasteiger partial charge in [-0.15, -0.1) is 0 Å². The van der Waals surface area contributed by atoms with E-state index in [1.807, 2.05) is 13.0 Å². The number of hydrogen-bond donors (Lipinski definition) is 2.